The molecule has 22 heavy (non-hydrogen) atoms. The number of rotatable bonds is 1. The van der Waals surface area contributed by atoms with Gasteiger partial charge in [-0.15, -0.1) is 0 Å². The number of aryl methyl sites for hydroxylation is 1. The SMILES string of the molecule is Cn1nc(C(F)(F)F)c(Cl)c1C(=O)N1[C@@H]2CCNC[C@H]1CC2. The number of hydrogen-bond donors (Lipinski definition) is 1. The first-order chi connectivity index (χ1) is 10.3. The van der Waals surface area contributed by atoms with Crippen LogP contribution in [0.15, 0.2) is 0 Å². The molecule has 1 N–H and O–H groups in total. The summed E-state index contributed by atoms with van der Waals surface area (Å²) in [6.07, 6.45) is -2.15. The molecule has 2 saturated heterocycles. The van der Waals surface area contributed by atoms with Crippen LogP contribution in [0.25, 0.3) is 0 Å². The Kier molecular flexibility index (Phi) is 3.84. The monoisotopic (exact) mass is 336 g/mol. The van der Waals surface area contributed by atoms with E-state index in [4.69, 9.17) is 11.6 Å². The topological polar surface area (TPSA) is 50.2 Å². The average Bonchev–Trinajstić information content (AvgIpc) is 2.84. The summed E-state index contributed by atoms with van der Waals surface area (Å²) >= 11 is 5.82. The highest BCUT2D eigenvalue weighted by atomic mass is 35.5. The Morgan fingerprint density at radius 3 is 2.64 bits per heavy atom. The van der Waals surface area contributed by atoms with Crippen molar-refractivity contribution in [3.63, 3.8) is 0 Å². The first kappa shape index (κ1) is 15.6. The van der Waals surface area contributed by atoms with E-state index in [1.165, 1.54) is 7.05 Å². The number of carbonyl (C=O) groups excluding carboxylic acids is 1. The minimum absolute atomic E-state index is 0.000281. The highest BCUT2D eigenvalue weighted by molar-refractivity contribution is 6.34. The maximum Gasteiger partial charge on any atom is 0.436 e. The van der Waals surface area contributed by atoms with Crippen LogP contribution in [0.1, 0.15) is 35.4 Å². The molecule has 1 aromatic heterocycles. The number of nitrogens with zero attached hydrogens (tertiary/aromatic N) is 3. The zero-order chi connectivity index (χ0) is 16.1. The molecule has 0 spiro atoms. The van der Waals surface area contributed by atoms with Crippen molar-refractivity contribution < 1.29 is 18.0 Å². The molecule has 9 heteroatoms. The lowest BCUT2D eigenvalue weighted by Gasteiger charge is -2.27. The van der Waals surface area contributed by atoms with Crippen LogP contribution in [0.3, 0.4) is 0 Å². The van der Waals surface area contributed by atoms with Crippen molar-refractivity contribution in [2.24, 2.45) is 7.05 Å². The van der Waals surface area contributed by atoms with E-state index < -0.39 is 22.8 Å². The van der Waals surface area contributed by atoms with Crippen LogP contribution < -0.4 is 5.32 Å². The second-order valence-corrected chi connectivity index (χ2v) is 6.10. The van der Waals surface area contributed by atoms with Gasteiger partial charge in [-0.2, -0.15) is 18.3 Å². The summed E-state index contributed by atoms with van der Waals surface area (Å²) in [5.41, 5.74) is -1.40. The number of nitrogens with one attached hydrogen (secondary N) is 1. The molecular formula is C13H16ClF3N4O. The fraction of sp³-hybridized carbons (Fsp3) is 0.692. The van der Waals surface area contributed by atoms with Gasteiger partial charge in [-0.1, -0.05) is 11.6 Å². The normalized spacial score (nSPS) is 25.4. The van der Waals surface area contributed by atoms with Crippen LogP contribution in [-0.4, -0.2) is 45.8 Å². The van der Waals surface area contributed by atoms with Gasteiger partial charge >= 0.3 is 6.18 Å². The molecule has 0 aliphatic carbocycles. The van der Waals surface area contributed by atoms with Crippen LogP contribution >= 0.6 is 11.6 Å². The Labute approximate surface area is 130 Å². The number of hydrogen-bond acceptors (Lipinski definition) is 3. The molecule has 2 atom stereocenters. The summed E-state index contributed by atoms with van der Waals surface area (Å²) < 4.78 is 39.6. The molecule has 0 aromatic carbocycles. The van der Waals surface area contributed by atoms with Crippen molar-refractivity contribution >= 4 is 17.5 Å². The van der Waals surface area contributed by atoms with E-state index in [2.05, 4.69) is 10.4 Å². The molecule has 0 saturated carbocycles. The van der Waals surface area contributed by atoms with Crippen LogP contribution in [0.5, 0.6) is 0 Å². The predicted molar refractivity (Wildman–Crippen MR) is 73.7 cm³/mol. The van der Waals surface area contributed by atoms with Crippen molar-refractivity contribution in [3.8, 4) is 0 Å². The van der Waals surface area contributed by atoms with Crippen LogP contribution in [0.2, 0.25) is 5.02 Å². The van der Waals surface area contributed by atoms with E-state index in [1.807, 2.05) is 0 Å². The van der Waals surface area contributed by atoms with Crippen LogP contribution in [-0.2, 0) is 13.2 Å². The second-order valence-electron chi connectivity index (χ2n) is 5.72. The standard InChI is InChI=1S/C13H16ClF3N4O/c1-20-10(9(14)11(19-20)13(15,16)17)12(22)21-7-2-3-8(21)6-18-5-4-7/h7-8,18H,2-6H2,1H3/t7-,8+/m0/s1. The third kappa shape index (κ3) is 2.48. The van der Waals surface area contributed by atoms with Crippen molar-refractivity contribution in [2.75, 3.05) is 13.1 Å². The minimum Gasteiger partial charge on any atom is -0.330 e. The van der Waals surface area contributed by atoms with Gasteiger partial charge in [0.1, 0.15) is 10.7 Å². The van der Waals surface area contributed by atoms with Gasteiger partial charge in [0.05, 0.1) is 0 Å². The zero-order valence-electron chi connectivity index (χ0n) is 12.0. The van der Waals surface area contributed by atoms with Gasteiger partial charge < -0.3 is 10.2 Å². The first-order valence-electron chi connectivity index (χ1n) is 7.13. The Hall–Kier alpha value is -1.28. The Morgan fingerprint density at radius 1 is 1.32 bits per heavy atom. The molecule has 2 fully saturated rings. The third-order valence-electron chi connectivity index (χ3n) is 4.35. The van der Waals surface area contributed by atoms with Gasteiger partial charge in [-0.05, 0) is 25.8 Å². The van der Waals surface area contributed by atoms with E-state index in [9.17, 15) is 18.0 Å². The van der Waals surface area contributed by atoms with Crippen LogP contribution in [0, 0.1) is 0 Å². The van der Waals surface area contributed by atoms with E-state index in [1.54, 1.807) is 4.90 Å². The number of fused-ring (bicyclic) bond motifs is 2. The molecule has 122 valence electrons. The molecule has 2 bridgehead atoms. The van der Waals surface area contributed by atoms with Crippen molar-refractivity contribution in [1.82, 2.24) is 20.0 Å². The molecule has 2 aliphatic heterocycles. The summed E-state index contributed by atoms with van der Waals surface area (Å²) in [5.74, 6) is -0.466. The fourth-order valence-electron chi connectivity index (χ4n) is 3.35. The van der Waals surface area contributed by atoms with E-state index in [0.717, 1.165) is 30.5 Å². The molecule has 5 nitrogen and oxygen atoms in total. The summed E-state index contributed by atoms with van der Waals surface area (Å²) in [5, 5.41) is 6.02. The minimum atomic E-state index is -4.67. The lowest BCUT2D eigenvalue weighted by atomic mass is 10.1. The maximum absolute atomic E-state index is 12.9. The smallest absolute Gasteiger partial charge is 0.330 e. The lowest BCUT2D eigenvalue weighted by Crippen LogP contribution is -2.43. The highest BCUT2D eigenvalue weighted by Crippen LogP contribution is 2.37. The predicted octanol–water partition coefficient (Wildman–Crippen LogP) is 2.06. The molecule has 0 radical (unpaired) electrons. The van der Waals surface area contributed by atoms with Gasteiger partial charge in [-0.3, -0.25) is 9.48 Å². The Morgan fingerprint density at radius 2 is 2.00 bits per heavy atom. The Balaban J connectivity index is 1.97. The molecule has 1 aromatic rings. The number of carbonyl (C=O) groups is 1. The summed E-state index contributed by atoms with van der Waals surface area (Å²) in [4.78, 5) is 14.5. The highest BCUT2D eigenvalue weighted by Gasteiger charge is 2.44. The largest absolute Gasteiger partial charge is 0.436 e. The molecule has 0 unspecified atom stereocenters. The van der Waals surface area contributed by atoms with Gasteiger partial charge in [0.15, 0.2) is 5.69 Å². The third-order valence-corrected chi connectivity index (χ3v) is 4.71. The molecular weight excluding hydrogens is 321 g/mol. The van der Waals surface area contributed by atoms with Gasteiger partial charge in [-0.25, -0.2) is 0 Å². The molecule has 3 rings (SSSR count). The number of halogens is 4. The first-order valence-corrected chi connectivity index (χ1v) is 7.51. The zero-order valence-corrected chi connectivity index (χ0v) is 12.7. The maximum atomic E-state index is 12.9. The van der Waals surface area contributed by atoms with Gasteiger partial charge in [0, 0.05) is 25.7 Å². The van der Waals surface area contributed by atoms with Crippen molar-refractivity contribution in [1.29, 1.82) is 0 Å². The summed E-state index contributed by atoms with van der Waals surface area (Å²) in [6.45, 7) is 1.46. The van der Waals surface area contributed by atoms with E-state index in [-0.39, 0.29) is 17.8 Å². The molecule has 1 amide bonds. The molecule has 2 aliphatic rings. The van der Waals surface area contributed by atoms with Crippen LogP contribution in [0.4, 0.5) is 13.2 Å². The van der Waals surface area contributed by atoms with E-state index in [0.29, 0.717) is 6.54 Å². The van der Waals surface area contributed by atoms with Crippen molar-refractivity contribution in [2.45, 2.75) is 37.5 Å². The van der Waals surface area contributed by atoms with Crippen molar-refractivity contribution in [3.05, 3.63) is 16.4 Å². The van der Waals surface area contributed by atoms with Gasteiger partial charge in [0.25, 0.3) is 5.91 Å². The van der Waals surface area contributed by atoms with E-state index >= 15 is 0 Å². The fourth-order valence-corrected chi connectivity index (χ4v) is 3.70. The lowest BCUT2D eigenvalue weighted by molar-refractivity contribution is -0.141. The summed E-state index contributed by atoms with van der Waals surface area (Å²) in [7, 11) is 1.31. The summed E-state index contributed by atoms with van der Waals surface area (Å²) in [6, 6.07) is 0.0492. The second kappa shape index (κ2) is 5.42. The quantitative estimate of drug-likeness (QED) is 0.854. The average molecular weight is 337 g/mol. The Bertz CT molecular complexity index is 587. The number of aromatic nitrogens is 2. The molecule has 3 heterocycles. The van der Waals surface area contributed by atoms with Gasteiger partial charge in [0.2, 0.25) is 0 Å². The number of alkyl halides is 3. The number of amides is 1.